The van der Waals surface area contributed by atoms with Gasteiger partial charge >= 0.3 is 5.69 Å². The number of hydrogen-bond acceptors (Lipinski definition) is 3. The highest BCUT2D eigenvalue weighted by atomic mass is 19.1. The Morgan fingerprint density at radius 2 is 2.38 bits per heavy atom. The number of H-pyrrole nitrogens is 1. The molecule has 0 saturated carbocycles. The van der Waals surface area contributed by atoms with Crippen LogP contribution in [0.2, 0.25) is 0 Å². The first-order chi connectivity index (χ1) is 7.61. The number of aromatic nitrogens is 2. The lowest BCUT2D eigenvalue weighted by atomic mass is 10.2. The van der Waals surface area contributed by atoms with Crippen LogP contribution < -0.4 is 11.2 Å². The number of nitrogens with zero attached hydrogens (tertiary/aromatic N) is 1. The Balaban J connectivity index is 2.31. The minimum absolute atomic E-state index is 0.168. The highest BCUT2D eigenvalue weighted by molar-refractivity contribution is 4.88. The van der Waals surface area contributed by atoms with Crippen molar-refractivity contribution in [2.75, 3.05) is 0 Å². The Kier molecular flexibility index (Phi) is 2.91. The zero-order chi connectivity index (χ0) is 11.7. The van der Waals surface area contributed by atoms with Gasteiger partial charge in [0, 0.05) is 18.7 Å². The van der Waals surface area contributed by atoms with E-state index in [4.69, 9.17) is 4.74 Å². The molecule has 16 heavy (non-hydrogen) atoms. The molecule has 2 heterocycles. The van der Waals surface area contributed by atoms with Crippen molar-refractivity contribution >= 4 is 0 Å². The van der Waals surface area contributed by atoms with Crippen molar-refractivity contribution in [1.82, 2.24) is 9.55 Å². The standard InChI is InChI=1S/C10H13FN2O3/c1-2-6-5-7(11)9(16-6)13-4-3-8(14)12-10(13)15/h3-4,6-7,9H,2,5H2,1H3,(H,12,14,15)/t6-,7+,9-/m1/s1. The molecule has 1 N–H and O–H groups in total. The Morgan fingerprint density at radius 3 is 2.94 bits per heavy atom. The second-order valence-electron chi connectivity index (χ2n) is 3.83. The lowest BCUT2D eigenvalue weighted by Gasteiger charge is -2.15. The van der Waals surface area contributed by atoms with Crippen molar-refractivity contribution in [3.05, 3.63) is 33.1 Å². The van der Waals surface area contributed by atoms with E-state index in [2.05, 4.69) is 4.98 Å². The van der Waals surface area contributed by atoms with Crippen molar-refractivity contribution in [2.24, 2.45) is 0 Å². The minimum atomic E-state index is -1.21. The van der Waals surface area contributed by atoms with Gasteiger partial charge in [-0.25, -0.2) is 9.18 Å². The van der Waals surface area contributed by atoms with E-state index in [1.807, 2.05) is 6.92 Å². The summed E-state index contributed by atoms with van der Waals surface area (Å²) in [6.45, 7) is 1.90. The lowest BCUT2D eigenvalue weighted by Crippen LogP contribution is -2.34. The molecule has 1 aromatic heterocycles. The van der Waals surface area contributed by atoms with Gasteiger partial charge in [-0.2, -0.15) is 0 Å². The van der Waals surface area contributed by atoms with E-state index >= 15 is 0 Å². The molecule has 0 unspecified atom stereocenters. The monoisotopic (exact) mass is 228 g/mol. The van der Waals surface area contributed by atoms with Crippen LogP contribution in [-0.2, 0) is 4.74 Å². The van der Waals surface area contributed by atoms with Crippen LogP contribution in [-0.4, -0.2) is 21.8 Å². The summed E-state index contributed by atoms with van der Waals surface area (Å²) in [5, 5.41) is 0. The molecule has 0 radical (unpaired) electrons. The largest absolute Gasteiger partial charge is 0.351 e. The van der Waals surface area contributed by atoms with Crippen LogP contribution in [0.4, 0.5) is 4.39 Å². The van der Waals surface area contributed by atoms with Crippen molar-refractivity contribution < 1.29 is 9.13 Å². The molecule has 88 valence electrons. The van der Waals surface area contributed by atoms with Crippen LogP contribution in [0.25, 0.3) is 0 Å². The van der Waals surface area contributed by atoms with Crippen LogP contribution >= 0.6 is 0 Å². The van der Waals surface area contributed by atoms with Gasteiger partial charge in [0.05, 0.1) is 6.10 Å². The highest BCUT2D eigenvalue weighted by Gasteiger charge is 2.36. The van der Waals surface area contributed by atoms with E-state index in [1.54, 1.807) is 0 Å². The first kappa shape index (κ1) is 11.1. The third-order valence-electron chi connectivity index (χ3n) is 2.71. The van der Waals surface area contributed by atoms with Gasteiger partial charge in [0.2, 0.25) is 0 Å². The maximum atomic E-state index is 13.6. The quantitative estimate of drug-likeness (QED) is 0.805. The normalized spacial score (nSPS) is 29.5. The average Bonchev–Trinajstić information content (AvgIpc) is 2.60. The summed E-state index contributed by atoms with van der Waals surface area (Å²) in [6.07, 6.45) is -0.0558. The molecular weight excluding hydrogens is 215 g/mol. The molecule has 0 aromatic carbocycles. The average molecular weight is 228 g/mol. The Bertz CT molecular complexity index is 481. The number of aromatic amines is 1. The van der Waals surface area contributed by atoms with E-state index in [0.29, 0.717) is 6.42 Å². The second-order valence-corrected chi connectivity index (χ2v) is 3.83. The summed E-state index contributed by atoms with van der Waals surface area (Å²) in [6, 6.07) is 1.18. The van der Waals surface area contributed by atoms with E-state index < -0.39 is 23.6 Å². The molecule has 0 aliphatic carbocycles. The summed E-state index contributed by atoms with van der Waals surface area (Å²) < 4.78 is 20.1. The molecule has 6 heteroatoms. The minimum Gasteiger partial charge on any atom is -0.351 e. The molecule has 3 atom stereocenters. The Labute approximate surface area is 90.9 Å². The van der Waals surface area contributed by atoms with Crippen LogP contribution in [0.1, 0.15) is 26.0 Å². The summed E-state index contributed by atoms with van der Waals surface area (Å²) in [5.74, 6) is 0. The van der Waals surface area contributed by atoms with Crippen LogP contribution in [0, 0.1) is 0 Å². The number of nitrogens with one attached hydrogen (secondary N) is 1. The van der Waals surface area contributed by atoms with E-state index in [9.17, 15) is 14.0 Å². The molecule has 1 saturated heterocycles. The molecule has 0 amide bonds. The number of rotatable bonds is 2. The van der Waals surface area contributed by atoms with Crippen LogP contribution in [0.15, 0.2) is 21.9 Å². The topological polar surface area (TPSA) is 64.1 Å². The Hall–Kier alpha value is -1.43. The van der Waals surface area contributed by atoms with Crippen molar-refractivity contribution in [2.45, 2.75) is 38.3 Å². The number of ether oxygens (including phenoxy) is 1. The summed E-state index contributed by atoms with van der Waals surface area (Å²) in [4.78, 5) is 24.4. The van der Waals surface area contributed by atoms with Gasteiger partial charge in [-0.1, -0.05) is 6.92 Å². The van der Waals surface area contributed by atoms with E-state index in [1.165, 1.54) is 12.3 Å². The van der Waals surface area contributed by atoms with Crippen molar-refractivity contribution in [3.63, 3.8) is 0 Å². The Morgan fingerprint density at radius 1 is 1.62 bits per heavy atom. The van der Waals surface area contributed by atoms with Gasteiger partial charge in [-0.3, -0.25) is 14.3 Å². The molecule has 1 fully saturated rings. The van der Waals surface area contributed by atoms with Gasteiger partial charge in [0.15, 0.2) is 6.23 Å². The first-order valence-electron chi connectivity index (χ1n) is 5.23. The van der Waals surface area contributed by atoms with Gasteiger partial charge in [-0.15, -0.1) is 0 Å². The SMILES string of the molecule is CC[C@@H]1C[C@H](F)[C@H](n2ccc(=O)[nH]c2=O)O1. The molecule has 1 aliphatic heterocycles. The summed E-state index contributed by atoms with van der Waals surface area (Å²) in [5.41, 5.74) is -1.14. The fraction of sp³-hybridized carbons (Fsp3) is 0.600. The second kappa shape index (κ2) is 4.21. The molecule has 1 aromatic rings. The predicted octanol–water partition coefficient (Wildman–Crippen LogP) is 0.572. The molecule has 1 aliphatic rings. The number of alkyl halides is 1. The van der Waals surface area contributed by atoms with E-state index in [0.717, 1.165) is 4.57 Å². The maximum Gasteiger partial charge on any atom is 0.330 e. The third-order valence-corrected chi connectivity index (χ3v) is 2.71. The van der Waals surface area contributed by atoms with Crippen LogP contribution in [0.3, 0.4) is 0 Å². The molecule has 2 rings (SSSR count). The van der Waals surface area contributed by atoms with Crippen molar-refractivity contribution in [3.8, 4) is 0 Å². The number of halogens is 1. The maximum absolute atomic E-state index is 13.6. The molecule has 0 bridgehead atoms. The zero-order valence-corrected chi connectivity index (χ0v) is 8.85. The van der Waals surface area contributed by atoms with Gasteiger partial charge < -0.3 is 4.74 Å². The van der Waals surface area contributed by atoms with Gasteiger partial charge in [-0.05, 0) is 6.42 Å². The fourth-order valence-corrected chi connectivity index (χ4v) is 1.84. The molecule has 0 spiro atoms. The van der Waals surface area contributed by atoms with Gasteiger partial charge in [0.1, 0.15) is 6.17 Å². The third kappa shape index (κ3) is 1.92. The fourth-order valence-electron chi connectivity index (χ4n) is 1.84. The van der Waals surface area contributed by atoms with Crippen molar-refractivity contribution in [1.29, 1.82) is 0 Å². The molecule has 5 nitrogen and oxygen atoms in total. The zero-order valence-electron chi connectivity index (χ0n) is 8.85. The summed E-state index contributed by atoms with van der Waals surface area (Å²) >= 11 is 0. The highest BCUT2D eigenvalue weighted by Crippen LogP contribution is 2.31. The van der Waals surface area contributed by atoms with Crippen LogP contribution in [0.5, 0.6) is 0 Å². The number of hydrogen-bond donors (Lipinski definition) is 1. The smallest absolute Gasteiger partial charge is 0.330 e. The lowest BCUT2D eigenvalue weighted by molar-refractivity contribution is -0.0223. The molecular formula is C10H13FN2O3. The predicted molar refractivity (Wildman–Crippen MR) is 55.0 cm³/mol. The van der Waals surface area contributed by atoms with E-state index in [-0.39, 0.29) is 12.5 Å². The first-order valence-corrected chi connectivity index (χ1v) is 5.23. The summed E-state index contributed by atoms with van der Waals surface area (Å²) in [7, 11) is 0. The van der Waals surface area contributed by atoms with Gasteiger partial charge in [0.25, 0.3) is 5.56 Å².